The summed E-state index contributed by atoms with van der Waals surface area (Å²) in [5.74, 6) is 0.806. The summed E-state index contributed by atoms with van der Waals surface area (Å²) in [5.41, 5.74) is 0.851. The van der Waals surface area contributed by atoms with E-state index in [0.717, 1.165) is 50.9 Å². The van der Waals surface area contributed by atoms with Gasteiger partial charge in [-0.1, -0.05) is 18.2 Å². The minimum atomic E-state index is -0.0678. The number of piperidine rings is 2. The molecule has 0 radical (unpaired) electrons. The molecule has 0 unspecified atom stereocenters. The second kappa shape index (κ2) is 8.11. The number of halogens is 1. The summed E-state index contributed by atoms with van der Waals surface area (Å²) in [4.78, 5) is 16.1. The molecule has 1 aromatic rings. The quantitative estimate of drug-likeness (QED) is 0.843. The third-order valence-corrected chi connectivity index (χ3v) is 5.76. The number of carbonyl (C=O) groups excluding carboxylic acids is 1. The van der Waals surface area contributed by atoms with Crippen LogP contribution in [0.1, 0.15) is 44.6 Å². The first kappa shape index (κ1) is 17.4. The van der Waals surface area contributed by atoms with E-state index in [1.165, 1.54) is 19.4 Å². The van der Waals surface area contributed by atoms with Crippen LogP contribution >= 0.6 is 0 Å². The first-order chi connectivity index (χ1) is 11.6. The van der Waals surface area contributed by atoms with Crippen molar-refractivity contribution < 1.29 is 9.18 Å². The van der Waals surface area contributed by atoms with Crippen LogP contribution in [0.15, 0.2) is 24.3 Å². The summed E-state index contributed by atoms with van der Waals surface area (Å²) < 4.78 is 13.8. The Kier molecular flexibility index (Phi) is 5.88. The van der Waals surface area contributed by atoms with Gasteiger partial charge in [0, 0.05) is 32.6 Å². The van der Waals surface area contributed by atoms with Crippen molar-refractivity contribution in [1.82, 2.24) is 9.80 Å². The monoisotopic (exact) mass is 332 g/mol. The molecule has 1 aromatic carbocycles. The van der Waals surface area contributed by atoms with E-state index in [1.54, 1.807) is 19.1 Å². The van der Waals surface area contributed by atoms with Gasteiger partial charge in [0.1, 0.15) is 5.82 Å². The molecule has 4 heteroatoms. The van der Waals surface area contributed by atoms with Gasteiger partial charge in [-0.15, -0.1) is 0 Å². The molecule has 0 spiro atoms. The van der Waals surface area contributed by atoms with Gasteiger partial charge in [0.25, 0.3) is 0 Å². The van der Waals surface area contributed by atoms with E-state index in [4.69, 9.17) is 0 Å². The van der Waals surface area contributed by atoms with E-state index < -0.39 is 0 Å². The number of amides is 1. The molecule has 2 heterocycles. The Hall–Kier alpha value is -1.42. The van der Waals surface area contributed by atoms with Crippen molar-refractivity contribution in [3.05, 3.63) is 35.6 Å². The van der Waals surface area contributed by atoms with Crippen LogP contribution in [0.25, 0.3) is 0 Å². The number of likely N-dealkylation sites (tertiary alicyclic amines) is 2. The highest BCUT2D eigenvalue weighted by Crippen LogP contribution is 2.26. The van der Waals surface area contributed by atoms with E-state index in [9.17, 15) is 9.18 Å². The summed E-state index contributed by atoms with van der Waals surface area (Å²) in [7, 11) is 0. The lowest BCUT2D eigenvalue weighted by molar-refractivity contribution is -0.130. The molecule has 1 amide bonds. The van der Waals surface area contributed by atoms with Crippen molar-refractivity contribution in [2.45, 2.75) is 51.5 Å². The SMILES string of the molecule is CC(=O)N1CCC(N2CCC[C@@H](CCc3ccccc3F)C2)CC1. The smallest absolute Gasteiger partial charge is 0.219 e. The molecule has 132 valence electrons. The van der Waals surface area contributed by atoms with Gasteiger partial charge in [-0.2, -0.15) is 0 Å². The van der Waals surface area contributed by atoms with Crippen LogP contribution in [0.5, 0.6) is 0 Å². The molecule has 2 aliphatic rings. The predicted octanol–water partition coefficient (Wildman–Crippen LogP) is 3.48. The van der Waals surface area contributed by atoms with Crippen molar-refractivity contribution in [1.29, 1.82) is 0 Å². The Balaban J connectivity index is 1.48. The fraction of sp³-hybridized carbons (Fsp3) is 0.650. The number of nitrogens with zero attached hydrogens (tertiary/aromatic N) is 2. The second-order valence-electron chi connectivity index (χ2n) is 7.37. The van der Waals surface area contributed by atoms with Crippen molar-refractivity contribution in [2.75, 3.05) is 26.2 Å². The van der Waals surface area contributed by atoms with Crippen LogP contribution in [0.3, 0.4) is 0 Å². The predicted molar refractivity (Wildman–Crippen MR) is 94.3 cm³/mol. The Labute approximate surface area is 144 Å². The maximum atomic E-state index is 13.8. The summed E-state index contributed by atoms with van der Waals surface area (Å²) in [6.45, 7) is 5.78. The molecule has 0 saturated carbocycles. The van der Waals surface area contributed by atoms with Crippen LogP contribution in [0, 0.1) is 11.7 Å². The normalized spacial score (nSPS) is 23.4. The molecule has 0 aromatic heterocycles. The first-order valence-corrected chi connectivity index (χ1v) is 9.36. The van der Waals surface area contributed by atoms with Gasteiger partial charge in [0.2, 0.25) is 5.91 Å². The Bertz CT molecular complexity index is 554. The van der Waals surface area contributed by atoms with Crippen LogP contribution in [-0.4, -0.2) is 47.9 Å². The van der Waals surface area contributed by atoms with Crippen molar-refractivity contribution in [3.8, 4) is 0 Å². The summed E-state index contributed by atoms with van der Waals surface area (Å²) in [6, 6.07) is 7.78. The average Bonchev–Trinajstić information content (AvgIpc) is 2.61. The molecule has 2 saturated heterocycles. The van der Waals surface area contributed by atoms with E-state index in [1.807, 2.05) is 17.0 Å². The van der Waals surface area contributed by atoms with Crippen LogP contribution in [-0.2, 0) is 11.2 Å². The molecular weight excluding hydrogens is 303 g/mol. The lowest BCUT2D eigenvalue weighted by Gasteiger charge is -2.42. The highest BCUT2D eigenvalue weighted by molar-refractivity contribution is 5.73. The molecule has 0 aliphatic carbocycles. The second-order valence-corrected chi connectivity index (χ2v) is 7.37. The zero-order valence-corrected chi connectivity index (χ0v) is 14.7. The van der Waals surface area contributed by atoms with Gasteiger partial charge in [-0.25, -0.2) is 4.39 Å². The molecule has 3 nitrogen and oxygen atoms in total. The number of aryl methyl sites for hydroxylation is 1. The molecule has 0 N–H and O–H groups in total. The first-order valence-electron chi connectivity index (χ1n) is 9.36. The minimum Gasteiger partial charge on any atom is -0.343 e. The van der Waals surface area contributed by atoms with E-state index in [0.29, 0.717) is 12.0 Å². The van der Waals surface area contributed by atoms with Crippen LogP contribution in [0.4, 0.5) is 4.39 Å². The topological polar surface area (TPSA) is 23.6 Å². The molecular formula is C20H29FN2O. The summed E-state index contributed by atoms with van der Waals surface area (Å²) in [6.07, 6.45) is 6.61. The number of hydrogen-bond donors (Lipinski definition) is 0. The van der Waals surface area contributed by atoms with Crippen molar-refractivity contribution in [3.63, 3.8) is 0 Å². The van der Waals surface area contributed by atoms with E-state index >= 15 is 0 Å². The standard InChI is InChI=1S/C20H29FN2O/c1-16(24)22-13-10-19(11-14-22)23-12-4-5-17(15-23)8-9-18-6-2-3-7-20(18)21/h2-3,6-7,17,19H,4-5,8-15H2,1H3/t17-/m0/s1. The van der Waals surface area contributed by atoms with Crippen LogP contribution < -0.4 is 0 Å². The maximum Gasteiger partial charge on any atom is 0.219 e. The summed E-state index contributed by atoms with van der Waals surface area (Å²) >= 11 is 0. The average molecular weight is 332 g/mol. The maximum absolute atomic E-state index is 13.8. The zero-order chi connectivity index (χ0) is 16.9. The molecule has 0 bridgehead atoms. The van der Waals surface area contributed by atoms with Gasteiger partial charge in [0.15, 0.2) is 0 Å². The lowest BCUT2D eigenvalue weighted by Crippen LogP contribution is -2.49. The van der Waals surface area contributed by atoms with Crippen molar-refractivity contribution in [2.24, 2.45) is 5.92 Å². The fourth-order valence-corrected chi connectivity index (χ4v) is 4.27. The Morgan fingerprint density at radius 2 is 1.92 bits per heavy atom. The molecule has 2 fully saturated rings. The molecule has 24 heavy (non-hydrogen) atoms. The molecule has 1 atom stereocenters. The third kappa shape index (κ3) is 4.35. The van der Waals surface area contributed by atoms with Gasteiger partial charge in [-0.05, 0) is 62.6 Å². The zero-order valence-electron chi connectivity index (χ0n) is 14.7. The van der Waals surface area contributed by atoms with Gasteiger partial charge in [-0.3, -0.25) is 9.69 Å². The third-order valence-electron chi connectivity index (χ3n) is 5.76. The lowest BCUT2D eigenvalue weighted by atomic mass is 9.89. The van der Waals surface area contributed by atoms with Crippen LogP contribution in [0.2, 0.25) is 0 Å². The minimum absolute atomic E-state index is 0.0678. The summed E-state index contributed by atoms with van der Waals surface area (Å²) in [5, 5.41) is 0. The molecule has 2 aliphatic heterocycles. The number of benzene rings is 1. The largest absolute Gasteiger partial charge is 0.343 e. The molecule has 3 rings (SSSR count). The highest BCUT2D eigenvalue weighted by Gasteiger charge is 2.29. The van der Waals surface area contributed by atoms with Crippen molar-refractivity contribution >= 4 is 5.91 Å². The Morgan fingerprint density at radius 3 is 2.62 bits per heavy atom. The van der Waals surface area contributed by atoms with E-state index in [2.05, 4.69) is 4.90 Å². The highest BCUT2D eigenvalue weighted by atomic mass is 19.1. The fourth-order valence-electron chi connectivity index (χ4n) is 4.27. The number of hydrogen-bond acceptors (Lipinski definition) is 2. The van der Waals surface area contributed by atoms with Gasteiger partial charge < -0.3 is 4.90 Å². The number of carbonyl (C=O) groups is 1. The number of rotatable bonds is 4. The van der Waals surface area contributed by atoms with Gasteiger partial charge in [0.05, 0.1) is 0 Å². The van der Waals surface area contributed by atoms with Gasteiger partial charge >= 0.3 is 0 Å². The van der Waals surface area contributed by atoms with E-state index in [-0.39, 0.29) is 11.7 Å². The Morgan fingerprint density at radius 1 is 1.17 bits per heavy atom.